The second-order valence-corrected chi connectivity index (χ2v) is 9.04. The maximum Gasteiger partial charge on any atom is 0.237 e. The lowest BCUT2D eigenvalue weighted by molar-refractivity contribution is -0.123. The normalized spacial score (nSPS) is 14.2. The van der Waals surface area contributed by atoms with Crippen molar-refractivity contribution < 1.29 is 17.9 Å². The average Bonchev–Trinajstić information content (AvgIpc) is 2.50. The molecule has 0 aromatic heterocycles. The van der Waals surface area contributed by atoms with Crippen LogP contribution >= 0.6 is 0 Å². The van der Waals surface area contributed by atoms with Crippen LogP contribution in [0.3, 0.4) is 0 Å². The lowest BCUT2D eigenvalue weighted by Gasteiger charge is -2.17. The Bertz CT molecular complexity index is 642. The maximum atomic E-state index is 12.0. The highest BCUT2D eigenvalue weighted by Crippen LogP contribution is 2.15. The molecule has 0 aliphatic carbocycles. The second-order valence-electron chi connectivity index (χ2n) is 6.78. The average molecular weight is 371 g/mol. The van der Waals surface area contributed by atoms with Gasteiger partial charge in [-0.25, -0.2) is 8.42 Å². The molecule has 0 heterocycles. The Morgan fingerprint density at radius 3 is 2.28 bits per heavy atom. The smallest absolute Gasteiger partial charge is 0.237 e. The summed E-state index contributed by atoms with van der Waals surface area (Å²) in [6, 6.07) is 7.08. The number of hydrogen-bond acceptors (Lipinski definition) is 5. The van der Waals surface area contributed by atoms with E-state index in [-0.39, 0.29) is 30.2 Å². The number of carbonyl (C=O) groups is 1. The molecule has 0 spiro atoms. The minimum atomic E-state index is -3.11. The van der Waals surface area contributed by atoms with Gasteiger partial charge in [-0.2, -0.15) is 0 Å². The molecule has 2 unspecified atom stereocenters. The first-order chi connectivity index (χ1) is 11.6. The van der Waals surface area contributed by atoms with Crippen LogP contribution in [0.4, 0.5) is 0 Å². The number of sulfone groups is 1. The van der Waals surface area contributed by atoms with Crippen LogP contribution in [-0.2, 0) is 21.1 Å². The third-order valence-corrected chi connectivity index (χ3v) is 4.66. The fourth-order valence-electron chi connectivity index (χ4n) is 2.28. The summed E-state index contributed by atoms with van der Waals surface area (Å²) in [5, 5.41) is 2.84. The highest BCUT2D eigenvalue weighted by Gasteiger charge is 2.17. The maximum absolute atomic E-state index is 12.0. The number of ether oxygens (including phenoxy) is 1. The Balaban J connectivity index is 2.38. The van der Waals surface area contributed by atoms with E-state index in [1.165, 1.54) is 5.56 Å². The minimum absolute atomic E-state index is 0.0385. The van der Waals surface area contributed by atoms with Crippen molar-refractivity contribution >= 4 is 15.7 Å². The van der Waals surface area contributed by atoms with Crippen molar-refractivity contribution in [2.24, 2.45) is 5.73 Å². The van der Waals surface area contributed by atoms with Gasteiger partial charge in [0.15, 0.2) is 0 Å². The molecule has 0 aliphatic heterocycles. The van der Waals surface area contributed by atoms with E-state index in [1.807, 2.05) is 45.0 Å². The van der Waals surface area contributed by atoms with Crippen molar-refractivity contribution in [2.75, 3.05) is 12.0 Å². The molecule has 1 rings (SSSR count). The molecule has 2 atom stereocenters. The van der Waals surface area contributed by atoms with Gasteiger partial charge in [0.1, 0.15) is 15.6 Å². The zero-order chi connectivity index (χ0) is 19.0. The molecule has 1 amide bonds. The zero-order valence-corrected chi connectivity index (χ0v) is 16.3. The van der Waals surface area contributed by atoms with Gasteiger partial charge in [0.2, 0.25) is 5.91 Å². The summed E-state index contributed by atoms with van der Waals surface area (Å²) in [5.74, 6) is 0.453. The minimum Gasteiger partial charge on any atom is -0.491 e. The van der Waals surface area contributed by atoms with Crippen molar-refractivity contribution in [3.63, 3.8) is 0 Å². The summed E-state index contributed by atoms with van der Waals surface area (Å²) in [6.07, 6.45) is 3.01. The monoisotopic (exact) mass is 370 g/mol. The van der Waals surface area contributed by atoms with Gasteiger partial charge in [0.05, 0.1) is 17.9 Å². The van der Waals surface area contributed by atoms with E-state index in [1.54, 1.807) is 0 Å². The topological polar surface area (TPSA) is 98.5 Å². The van der Waals surface area contributed by atoms with E-state index < -0.39 is 15.9 Å². The van der Waals surface area contributed by atoms with E-state index in [9.17, 15) is 13.2 Å². The summed E-state index contributed by atoms with van der Waals surface area (Å²) in [7, 11) is -3.11. The SMILES string of the molecule is CC(CCc1ccc(OC(C)C)cc1)NC(=O)C(N)CCS(C)(=O)=O. The molecule has 3 N–H and O–H groups in total. The Morgan fingerprint density at radius 2 is 1.76 bits per heavy atom. The van der Waals surface area contributed by atoms with Gasteiger partial charge in [-0.3, -0.25) is 4.79 Å². The number of rotatable bonds is 10. The summed E-state index contributed by atoms with van der Waals surface area (Å²) < 4.78 is 27.9. The largest absolute Gasteiger partial charge is 0.491 e. The van der Waals surface area contributed by atoms with Crippen LogP contribution in [0.5, 0.6) is 5.75 Å². The highest BCUT2D eigenvalue weighted by atomic mass is 32.2. The Morgan fingerprint density at radius 1 is 1.16 bits per heavy atom. The van der Waals surface area contributed by atoms with Crippen molar-refractivity contribution in [2.45, 2.75) is 58.2 Å². The Kier molecular flexibility index (Phi) is 8.38. The number of carbonyl (C=O) groups excluding carboxylic acids is 1. The molecule has 7 heteroatoms. The summed E-state index contributed by atoms with van der Waals surface area (Å²) in [4.78, 5) is 12.0. The lowest BCUT2D eigenvalue weighted by atomic mass is 10.1. The van der Waals surface area contributed by atoms with Crippen LogP contribution in [0, 0.1) is 0 Å². The summed E-state index contributed by atoms with van der Waals surface area (Å²) in [5.41, 5.74) is 6.91. The fraction of sp³-hybridized carbons (Fsp3) is 0.611. The van der Waals surface area contributed by atoms with Crippen molar-refractivity contribution in [3.05, 3.63) is 29.8 Å². The van der Waals surface area contributed by atoms with Gasteiger partial charge >= 0.3 is 0 Å². The first-order valence-electron chi connectivity index (χ1n) is 8.56. The van der Waals surface area contributed by atoms with Crippen LogP contribution in [0.25, 0.3) is 0 Å². The van der Waals surface area contributed by atoms with Gasteiger partial charge in [-0.15, -0.1) is 0 Å². The van der Waals surface area contributed by atoms with Crippen molar-refractivity contribution in [3.8, 4) is 5.75 Å². The molecule has 142 valence electrons. The summed E-state index contributed by atoms with van der Waals surface area (Å²) in [6.45, 7) is 5.88. The van der Waals surface area contributed by atoms with Crippen LogP contribution in [0.1, 0.15) is 39.2 Å². The van der Waals surface area contributed by atoms with E-state index in [4.69, 9.17) is 10.5 Å². The zero-order valence-electron chi connectivity index (χ0n) is 15.5. The molecule has 1 aromatic carbocycles. The van der Waals surface area contributed by atoms with Gasteiger partial charge in [0.25, 0.3) is 0 Å². The molecule has 0 radical (unpaired) electrons. The molecule has 0 aliphatic rings. The third kappa shape index (κ3) is 9.45. The number of amides is 1. The van der Waals surface area contributed by atoms with E-state index in [2.05, 4.69) is 5.32 Å². The molecule has 6 nitrogen and oxygen atoms in total. The van der Waals surface area contributed by atoms with Crippen LogP contribution in [0.2, 0.25) is 0 Å². The van der Waals surface area contributed by atoms with Gasteiger partial charge in [-0.1, -0.05) is 12.1 Å². The van der Waals surface area contributed by atoms with E-state index in [0.29, 0.717) is 0 Å². The third-order valence-electron chi connectivity index (χ3n) is 3.69. The van der Waals surface area contributed by atoms with Crippen LogP contribution in [-0.4, -0.2) is 44.5 Å². The molecule has 0 saturated heterocycles. The Labute approximate surface area is 151 Å². The molecular formula is C18H30N2O4S. The van der Waals surface area contributed by atoms with E-state index in [0.717, 1.165) is 24.8 Å². The van der Waals surface area contributed by atoms with Crippen LogP contribution in [0.15, 0.2) is 24.3 Å². The quantitative estimate of drug-likeness (QED) is 0.653. The van der Waals surface area contributed by atoms with Crippen LogP contribution < -0.4 is 15.8 Å². The Hall–Kier alpha value is -1.60. The fourth-order valence-corrected chi connectivity index (χ4v) is 2.97. The molecule has 25 heavy (non-hydrogen) atoms. The van der Waals surface area contributed by atoms with Gasteiger partial charge in [0, 0.05) is 12.3 Å². The molecule has 1 aromatic rings. The van der Waals surface area contributed by atoms with Gasteiger partial charge < -0.3 is 15.8 Å². The predicted octanol–water partition coefficient (Wildman–Crippen LogP) is 1.67. The van der Waals surface area contributed by atoms with E-state index >= 15 is 0 Å². The lowest BCUT2D eigenvalue weighted by Crippen LogP contribution is -2.45. The molecule has 0 fully saturated rings. The number of aryl methyl sites for hydroxylation is 1. The van der Waals surface area contributed by atoms with Crippen molar-refractivity contribution in [1.29, 1.82) is 0 Å². The number of nitrogens with one attached hydrogen (secondary N) is 1. The number of nitrogens with two attached hydrogens (primary N) is 1. The second kappa shape index (κ2) is 9.77. The molecule has 0 bridgehead atoms. The molecule has 0 saturated carbocycles. The number of benzene rings is 1. The predicted molar refractivity (Wildman–Crippen MR) is 100 cm³/mol. The number of hydrogen-bond donors (Lipinski definition) is 2. The first-order valence-corrected chi connectivity index (χ1v) is 10.6. The highest BCUT2D eigenvalue weighted by molar-refractivity contribution is 7.90. The first kappa shape index (κ1) is 21.4. The molecular weight excluding hydrogens is 340 g/mol. The standard InChI is InChI=1S/C18H30N2O4S/c1-13(2)24-16-9-7-15(8-10-16)6-5-14(3)20-18(21)17(19)11-12-25(4,22)23/h7-10,13-14,17H,5-6,11-12,19H2,1-4H3,(H,20,21). The van der Waals surface area contributed by atoms with Gasteiger partial charge in [-0.05, 0) is 57.7 Å². The summed E-state index contributed by atoms with van der Waals surface area (Å²) >= 11 is 0. The van der Waals surface area contributed by atoms with Crippen molar-refractivity contribution in [1.82, 2.24) is 5.32 Å².